The number of alkyl halides is 2. The van der Waals surface area contributed by atoms with Gasteiger partial charge in [-0.3, -0.25) is 9.89 Å². The van der Waals surface area contributed by atoms with Gasteiger partial charge in [0.15, 0.2) is 11.6 Å². The number of aromatic amines is 1. The molecule has 2 aromatic heterocycles. The number of nitrogens with one attached hydrogen (secondary N) is 1. The highest BCUT2D eigenvalue weighted by Crippen LogP contribution is 2.21. The summed E-state index contributed by atoms with van der Waals surface area (Å²) in [6.07, 6.45) is 0. The third kappa shape index (κ3) is 4.28. The number of furan rings is 1. The van der Waals surface area contributed by atoms with Gasteiger partial charge in [-0.15, -0.1) is 0 Å². The van der Waals surface area contributed by atoms with Crippen LogP contribution in [0.1, 0.15) is 28.0 Å². The third-order valence-electron chi connectivity index (χ3n) is 2.59. The second kappa shape index (κ2) is 6.70. The predicted octanol–water partition coefficient (Wildman–Crippen LogP) is 2.43. The number of carbonyl (C=O) groups is 1. The number of aromatic nitrogens is 3. The van der Waals surface area contributed by atoms with Crippen LogP contribution in [0.4, 0.5) is 8.78 Å². The molecule has 0 saturated carbocycles. The fourth-order valence-corrected chi connectivity index (χ4v) is 2.09. The first-order valence-corrected chi connectivity index (χ1v) is 7.12. The Hall–Kier alpha value is -1.90. The van der Waals surface area contributed by atoms with E-state index in [0.29, 0.717) is 29.2 Å². The Bertz CT molecular complexity index is 614. The zero-order valence-corrected chi connectivity index (χ0v) is 12.3. The van der Waals surface area contributed by atoms with Crippen molar-refractivity contribution in [3.8, 4) is 0 Å². The number of thioether (sulfide) groups is 1. The molecule has 0 radical (unpaired) electrons. The molecule has 0 fully saturated rings. The van der Waals surface area contributed by atoms with Crippen molar-refractivity contribution in [1.82, 2.24) is 20.1 Å². The van der Waals surface area contributed by atoms with Crippen molar-refractivity contribution < 1.29 is 18.0 Å². The van der Waals surface area contributed by atoms with Crippen LogP contribution in [0.15, 0.2) is 16.5 Å². The zero-order chi connectivity index (χ0) is 15.4. The van der Waals surface area contributed by atoms with Crippen molar-refractivity contribution in [2.75, 3.05) is 7.05 Å². The Balaban J connectivity index is 1.95. The van der Waals surface area contributed by atoms with Crippen LogP contribution in [0.5, 0.6) is 0 Å². The van der Waals surface area contributed by atoms with E-state index in [1.807, 2.05) is 0 Å². The zero-order valence-electron chi connectivity index (χ0n) is 11.5. The molecule has 6 nitrogen and oxygen atoms in total. The lowest BCUT2D eigenvalue weighted by atomic mass is 10.4. The molecule has 0 saturated heterocycles. The number of halogens is 2. The topological polar surface area (TPSA) is 75.0 Å². The molecular formula is C12H14F2N4O2S. The first-order chi connectivity index (χ1) is 9.95. The van der Waals surface area contributed by atoms with Gasteiger partial charge in [-0.2, -0.15) is 13.9 Å². The number of amides is 1. The van der Waals surface area contributed by atoms with Crippen molar-refractivity contribution in [1.29, 1.82) is 0 Å². The van der Waals surface area contributed by atoms with Crippen molar-refractivity contribution in [3.63, 3.8) is 0 Å². The van der Waals surface area contributed by atoms with Gasteiger partial charge in [0.1, 0.15) is 11.6 Å². The molecule has 1 amide bonds. The number of H-pyrrole nitrogens is 1. The summed E-state index contributed by atoms with van der Waals surface area (Å²) in [5.74, 6) is -1.20. The van der Waals surface area contributed by atoms with Crippen molar-refractivity contribution >= 4 is 17.7 Å². The van der Waals surface area contributed by atoms with E-state index in [9.17, 15) is 13.6 Å². The summed E-state index contributed by atoms with van der Waals surface area (Å²) in [7, 11) is 1.59. The monoisotopic (exact) mass is 316 g/mol. The van der Waals surface area contributed by atoms with E-state index in [-0.39, 0.29) is 24.0 Å². The quantitative estimate of drug-likeness (QED) is 0.886. The standard InChI is InChI=1S/C12H14F2N4O2S/c1-7-15-10(17-16-7)5-18(2)11(19)9-4-3-8(20-9)6-21-12(13)14/h3-4,12H,5-6H2,1-2H3,(H,15,16,17). The van der Waals surface area contributed by atoms with E-state index in [0.717, 1.165) is 0 Å². The van der Waals surface area contributed by atoms with Crippen LogP contribution in [-0.4, -0.2) is 38.8 Å². The van der Waals surface area contributed by atoms with E-state index in [1.54, 1.807) is 14.0 Å². The van der Waals surface area contributed by atoms with Crippen molar-refractivity contribution in [3.05, 3.63) is 35.3 Å². The van der Waals surface area contributed by atoms with Gasteiger partial charge in [0.25, 0.3) is 11.7 Å². The lowest BCUT2D eigenvalue weighted by Crippen LogP contribution is -2.26. The maximum atomic E-state index is 12.1. The maximum Gasteiger partial charge on any atom is 0.289 e. The Kier molecular flexibility index (Phi) is 4.94. The highest BCUT2D eigenvalue weighted by molar-refractivity contribution is 7.98. The minimum Gasteiger partial charge on any atom is -0.455 e. The fourth-order valence-electron chi connectivity index (χ4n) is 1.65. The van der Waals surface area contributed by atoms with Gasteiger partial charge in [-0.25, -0.2) is 4.98 Å². The van der Waals surface area contributed by atoms with E-state index < -0.39 is 5.76 Å². The second-order valence-corrected chi connectivity index (χ2v) is 5.31. The molecule has 114 valence electrons. The number of rotatable bonds is 6. The summed E-state index contributed by atoms with van der Waals surface area (Å²) in [6, 6.07) is 3.00. The Morgan fingerprint density at radius 3 is 2.90 bits per heavy atom. The van der Waals surface area contributed by atoms with Crippen molar-refractivity contribution in [2.24, 2.45) is 0 Å². The molecule has 0 atom stereocenters. The smallest absolute Gasteiger partial charge is 0.289 e. The van der Waals surface area contributed by atoms with E-state index >= 15 is 0 Å². The second-order valence-electron chi connectivity index (χ2n) is 4.34. The molecule has 0 bridgehead atoms. The summed E-state index contributed by atoms with van der Waals surface area (Å²) < 4.78 is 29.4. The van der Waals surface area contributed by atoms with E-state index in [1.165, 1.54) is 17.0 Å². The molecule has 0 aliphatic carbocycles. The van der Waals surface area contributed by atoms with Crippen LogP contribution < -0.4 is 0 Å². The normalized spacial score (nSPS) is 11.1. The minimum absolute atomic E-state index is 0.0226. The lowest BCUT2D eigenvalue weighted by Gasteiger charge is -2.13. The summed E-state index contributed by atoms with van der Waals surface area (Å²) in [4.78, 5) is 17.6. The Morgan fingerprint density at radius 1 is 1.52 bits per heavy atom. The molecule has 0 spiro atoms. The molecule has 2 aromatic rings. The summed E-state index contributed by atoms with van der Waals surface area (Å²) in [5, 5.41) is 6.63. The highest BCUT2D eigenvalue weighted by atomic mass is 32.2. The largest absolute Gasteiger partial charge is 0.455 e. The number of nitrogens with zero attached hydrogens (tertiary/aromatic N) is 3. The molecule has 0 aliphatic rings. The SMILES string of the molecule is Cc1nc(CN(C)C(=O)c2ccc(CSC(F)F)o2)n[nH]1. The van der Waals surface area contributed by atoms with Crippen LogP contribution in [0.3, 0.4) is 0 Å². The molecule has 2 heterocycles. The first kappa shape index (κ1) is 15.5. The third-order valence-corrected chi connectivity index (χ3v) is 3.30. The molecule has 0 aromatic carbocycles. The minimum atomic E-state index is -2.47. The fraction of sp³-hybridized carbons (Fsp3) is 0.417. The van der Waals surface area contributed by atoms with Gasteiger partial charge in [0.2, 0.25) is 0 Å². The van der Waals surface area contributed by atoms with Gasteiger partial charge in [0, 0.05) is 7.05 Å². The van der Waals surface area contributed by atoms with E-state index in [2.05, 4.69) is 15.2 Å². The Morgan fingerprint density at radius 2 is 2.29 bits per heavy atom. The molecule has 1 N–H and O–H groups in total. The van der Waals surface area contributed by atoms with Crippen LogP contribution in [0, 0.1) is 6.92 Å². The van der Waals surface area contributed by atoms with E-state index in [4.69, 9.17) is 4.42 Å². The molecule has 9 heteroatoms. The summed E-state index contributed by atoms with van der Waals surface area (Å²) in [5.41, 5.74) is 0. The number of hydrogen-bond acceptors (Lipinski definition) is 5. The van der Waals surface area contributed by atoms with Gasteiger partial charge in [-0.1, -0.05) is 11.8 Å². The summed E-state index contributed by atoms with van der Waals surface area (Å²) in [6.45, 7) is 1.99. The molecular weight excluding hydrogens is 302 g/mol. The molecule has 0 aliphatic heterocycles. The predicted molar refractivity (Wildman–Crippen MR) is 72.9 cm³/mol. The number of aryl methyl sites for hydroxylation is 1. The lowest BCUT2D eigenvalue weighted by molar-refractivity contribution is 0.0748. The summed E-state index contributed by atoms with van der Waals surface area (Å²) >= 11 is 0.447. The highest BCUT2D eigenvalue weighted by Gasteiger charge is 2.18. The molecule has 21 heavy (non-hydrogen) atoms. The molecule has 2 rings (SSSR count). The van der Waals surface area contributed by atoms with Gasteiger partial charge in [-0.05, 0) is 19.1 Å². The van der Waals surface area contributed by atoms with Crippen LogP contribution >= 0.6 is 11.8 Å². The number of carbonyl (C=O) groups excluding carboxylic acids is 1. The maximum absolute atomic E-state index is 12.1. The first-order valence-electron chi connectivity index (χ1n) is 6.07. The van der Waals surface area contributed by atoms with Gasteiger partial charge < -0.3 is 9.32 Å². The van der Waals surface area contributed by atoms with Gasteiger partial charge >= 0.3 is 0 Å². The van der Waals surface area contributed by atoms with Gasteiger partial charge in [0.05, 0.1) is 12.3 Å². The Labute approximate surface area is 123 Å². The average molecular weight is 316 g/mol. The average Bonchev–Trinajstić information content (AvgIpc) is 3.04. The van der Waals surface area contributed by atoms with Crippen LogP contribution in [-0.2, 0) is 12.3 Å². The van der Waals surface area contributed by atoms with Crippen LogP contribution in [0.2, 0.25) is 0 Å². The van der Waals surface area contributed by atoms with Crippen LogP contribution in [0.25, 0.3) is 0 Å². The molecule has 0 unspecified atom stereocenters. The van der Waals surface area contributed by atoms with Crippen molar-refractivity contribution in [2.45, 2.75) is 25.0 Å². The number of hydrogen-bond donors (Lipinski definition) is 1.